The predicted molar refractivity (Wildman–Crippen MR) is 123 cm³/mol. The highest BCUT2D eigenvalue weighted by Crippen LogP contribution is 2.33. The Kier molecular flexibility index (Phi) is 4.44. The summed E-state index contributed by atoms with van der Waals surface area (Å²) < 4.78 is 5.88. The Hall–Kier alpha value is -4.20. The number of carbonyl (C=O) groups is 1. The van der Waals surface area contributed by atoms with E-state index < -0.39 is 11.2 Å². The van der Waals surface area contributed by atoms with E-state index in [1.54, 1.807) is 7.05 Å². The van der Waals surface area contributed by atoms with Crippen LogP contribution in [-0.2, 0) is 27.7 Å². The molecule has 0 saturated carbocycles. The molecule has 5 rings (SSSR count). The normalized spacial score (nSPS) is 11.5. The first-order valence-corrected chi connectivity index (χ1v) is 10.2. The van der Waals surface area contributed by atoms with Crippen molar-refractivity contribution < 1.29 is 4.79 Å². The second-order valence-electron chi connectivity index (χ2n) is 7.84. The van der Waals surface area contributed by atoms with Gasteiger partial charge in [0.15, 0.2) is 16.9 Å². The molecule has 8 nitrogen and oxygen atoms in total. The molecule has 8 heteroatoms. The zero-order valence-electron chi connectivity index (χ0n) is 17.9. The van der Waals surface area contributed by atoms with E-state index >= 15 is 0 Å². The minimum Gasteiger partial charge on any atom is -0.343 e. The molecule has 0 saturated heterocycles. The molecular formula is C24H21N5O3. The number of hydrogen-bond acceptors (Lipinski definition) is 4. The summed E-state index contributed by atoms with van der Waals surface area (Å²) in [7, 11) is 4.92. The maximum atomic E-state index is 13.7. The Morgan fingerprint density at radius 1 is 0.875 bits per heavy atom. The molecular weight excluding hydrogens is 406 g/mol. The van der Waals surface area contributed by atoms with Crippen molar-refractivity contribution in [1.82, 2.24) is 23.3 Å². The van der Waals surface area contributed by atoms with E-state index in [-0.39, 0.29) is 23.5 Å². The van der Waals surface area contributed by atoms with Gasteiger partial charge >= 0.3 is 5.69 Å². The number of Topliss-reactive ketones (excluding diaryl/α,β-unsaturated/α-hetero) is 1. The van der Waals surface area contributed by atoms with Crippen LogP contribution in [0.5, 0.6) is 0 Å². The molecule has 0 radical (unpaired) electrons. The topological polar surface area (TPSA) is 83.8 Å². The smallest absolute Gasteiger partial charge is 0.332 e. The molecule has 3 aromatic heterocycles. The largest absolute Gasteiger partial charge is 0.343 e. The fraction of sp³-hybridized carbons (Fsp3) is 0.167. The van der Waals surface area contributed by atoms with E-state index in [4.69, 9.17) is 0 Å². The number of hydrogen-bond donors (Lipinski definition) is 0. The van der Waals surface area contributed by atoms with Crippen LogP contribution in [0.1, 0.15) is 10.4 Å². The van der Waals surface area contributed by atoms with Crippen molar-refractivity contribution in [3.63, 3.8) is 0 Å². The standard InChI is InChI=1S/C24H21N5O3/c1-26-17-12-8-7-11-16(17)19(20(26)15-9-5-4-6-10-15)18(30)13-29-14-25-22-21(29)23(31)28(3)24(32)27(22)2/h4-12,14H,13H2,1-3H3. The second-order valence-corrected chi connectivity index (χ2v) is 7.84. The molecule has 0 amide bonds. The van der Waals surface area contributed by atoms with Gasteiger partial charge in [0, 0.05) is 32.0 Å². The molecule has 0 atom stereocenters. The first-order valence-electron chi connectivity index (χ1n) is 10.2. The van der Waals surface area contributed by atoms with Crippen molar-refractivity contribution in [2.45, 2.75) is 6.54 Å². The van der Waals surface area contributed by atoms with E-state index in [0.29, 0.717) is 5.56 Å². The summed E-state index contributed by atoms with van der Waals surface area (Å²) in [5, 5.41) is 0.851. The molecule has 0 N–H and O–H groups in total. The molecule has 32 heavy (non-hydrogen) atoms. The highest BCUT2D eigenvalue weighted by Gasteiger charge is 2.24. The zero-order valence-corrected chi connectivity index (χ0v) is 17.9. The minimum absolute atomic E-state index is 0.0716. The molecule has 2 aromatic carbocycles. The summed E-state index contributed by atoms with van der Waals surface area (Å²) in [5.41, 5.74) is 2.84. The Bertz CT molecular complexity index is 1630. The summed E-state index contributed by atoms with van der Waals surface area (Å²) in [6, 6.07) is 17.5. The molecule has 0 aliphatic rings. The molecule has 0 bridgehead atoms. The van der Waals surface area contributed by atoms with Crippen LogP contribution >= 0.6 is 0 Å². The van der Waals surface area contributed by atoms with Crippen LogP contribution in [0.4, 0.5) is 0 Å². The van der Waals surface area contributed by atoms with Gasteiger partial charge in [-0.1, -0.05) is 48.5 Å². The van der Waals surface area contributed by atoms with Crippen molar-refractivity contribution >= 4 is 27.9 Å². The number of para-hydroxylation sites is 1. The lowest BCUT2D eigenvalue weighted by Gasteiger charge is -2.09. The van der Waals surface area contributed by atoms with Crippen LogP contribution in [0, 0.1) is 0 Å². The van der Waals surface area contributed by atoms with Crippen LogP contribution in [-0.4, -0.2) is 29.0 Å². The number of nitrogens with zero attached hydrogens (tertiary/aromatic N) is 5. The van der Waals surface area contributed by atoms with Crippen molar-refractivity contribution in [3.05, 3.63) is 87.3 Å². The quantitative estimate of drug-likeness (QED) is 0.413. The van der Waals surface area contributed by atoms with Gasteiger partial charge in [-0.15, -0.1) is 0 Å². The Labute approximate surface area is 182 Å². The first kappa shape index (κ1) is 19.7. The molecule has 3 heterocycles. The Balaban J connectivity index is 1.71. The number of imidazole rings is 1. The average molecular weight is 427 g/mol. The van der Waals surface area contributed by atoms with Crippen LogP contribution in [0.15, 0.2) is 70.5 Å². The maximum Gasteiger partial charge on any atom is 0.332 e. The van der Waals surface area contributed by atoms with Gasteiger partial charge in [-0.3, -0.25) is 18.7 Å². The van der Waals surface area contributed by atoms with E-state index in [0.717, 1.165) is 26.7 Å². The number of benzene rings is 2. The van der Waals surface area contributed by atoms with Crippen LogP contribution in [0.25, 0.3) is 33.3 Å². The van der Waals surface area contributed by atoms with Gasteiger partial charge in [-0.05, 0) is 11.6 Å². The van der Waals surface area contributed by atoms with Gasteiger partial charge in [0.2, 0.25) is 0 Å². The number of ketones is 1. The van der Waals surface area contributed by atoms with E-state index in [2.05, 4.69) is 4.98 Å². The maximum absolute atomic E-state index is 13.7. The van der Waals surface area contributed by atoms with Crippen molar-refractivity contribution in [3.8, 4) is 11.3 Å². The van der Waals surface area contributed by atoms with Crippen LogP contribution in [0.3, 0.4) is 0 Å². The molecule has 0 spiro atoms. The highest BCUT2D eigenvalue weighted by molar-refractivity contribution is 6.13. The molecule has 5 aromatic rings. The summed E-state index contributed by atoms with van der Waals surface area (Å²) in [4.78, 5) is 42.9. The molecule has 0 aliphatic carbocycles. The minimum atomic E-state index is -0.477. The van der Waals surface area contributed by atoms with Crippen molar-refractivity contribution in [2.75, 3.05) is 0 Å². The summed E-state index contributed by atoms with van der Waals surface area (Å²) in [6.45, 7) is -0.0716. The van der Waals surface area contributed by atoms with E-state index in [1.165, 1.54) is 22.5 Å². The van der Waals surface area contributed by atoms with Gasteiger partial charge in [0.25, 0.3) is 5.56 Å². The highest BCUT2D eigenvalue weighted by atomic mass is 16.2. The van der Waals surface area contributed by atoms with Crippen LogP contribution in [0.2, 0.25) is 0 Å². The molecule has 0 fully saturated rings. The van der Waals surface area contributed by atoms with Crippen molar-refractivity contribution in [1.29, 1.82) is 0 Å². The first-order chi connectivity index (χ1) is 15.4. The zero-order chi connectivity index (χ0) is 22.6. The summed E-state index contributed by atoms with van der Waals surface area (Å²) in [5.74, 6) is -0.143. The van der Waals surface area contributed by atoms with E-state index in [1.807, 2.05) is 66.2 Å². The SMILES string of the molecule is Cn1c(=O)c2c(ncn2CC(=O)c2c(-c3ccccc3)n(C)c3ccccc23)n(C)c1=O. The van der Waals surface area contributed by atoms with Gasteiger partial charge in [0.05, 0.1) is 24.1 Å². The third kappa shape index (κ3) is 2.76. The number of aromatic nitrogens is 5. The fourth-order valence-electron chi connectivity index (χ4n) is 4.36. The average Bonchev–Trinajstić information content (AvgIpc) is 3.36. The monoisotopic (exact) mass is 427 g/mol. The Morgan fingerprint density at radius 2 is 1.56 bits per heavy atom. The number of rotatable bonds is 4. The molecule has 0 unspecified atom stereocenters. The van der Waals surface area contributed by atoms with E-state index in [9.17, 15) is 14.4 Å². The lowest BCUT2D eigenvalue weighted by molar-refractivity contribution is 0.0975. The third-order valence-corrected chi connectivity index (χ3v) is 5.96. The van der Waals surface area contributed by atoms with Gasteiger partial charge in [-0.2, -0.15) is 0 Å². The third-order valence-electron chi connectivity index (χ3n) is 5.96. The predicted octanol–water partition coefficient (Wildman–Crippen LogP) is 2.48. The van der Waals surface area contributed by atoms with Gasteiger partial charge in [0.1, 0.15) is 0 Å². The number of carbonyl (C=O) groups excluding carboxylic acids is 1. The van der Waals surface area contributed by atoms with Crippen LogP contribution < -0.4 is 11.2 Å². The molecule has 0 aliphatic heterocycles. The Morgan fingerprint density at radius 3 is 2.31 bits per heavy atom. The lowest BCUT2D eigenvalue weighted by atomic mass is 10.0. The summed E-state index contributed by atoms with van der Waals surface area (Å²) >= 11 is 0. The van der Waals surface area contributed by atoms with Gasteiger partial charge in [-0.25, -0.2) is 9.78 Å². The lowest BCUT2D eigenvalue weighted by Crippen LogP contribution is -2.37. The summed E-state index contributed by atoms with van der Waals surface area (Å²) in [6.07, 6.45) is 1.44. The number of fused-ring (bicyclic) bond motifs is 2. The molecule has 160 valence electrons. The number of aryl methyl sites for hydroxylation is 2. The second kappa shape index (κ2) is 7.19. The van der Waals surface area contributed by atoms with Crippen molar-refractivity contribution in [2.24, 2.45) is 21.1 Å². The fourth-order valence-corrected chi connectivity index (χ4v) is 4.36. The van der Waals surface area contributed by atoms with Gasteiger partial charge < -0.3 is 9.13 Å².